The Hall–Kier alpha value is -1.72. The molecular weight excluding hydrogens is 284 g/mol. The predicted octanol–water partition coefficient (Wildman–Crippen LogP) is 2.91. The van der Waals surface area contributed by atoms with Crippen LogP contribution >= 0.6 is 11.8 Å². The first-order chi connectivity index (χ1) is 10.3. The molecule has 0 aliphatic heterocycles. The van der Waals surface area contributed by atoms with Gasteiger partial charge in [0.25, 0.3) is 5.91 Å². The molecule has 112 valence electrons. The Morgan fingerprint density at radius 3 is 2.76 bits per heavy atom. The molecule has 4 nitrogen and oxygen atoms in total. The summed E-state index contributed by atoms with van der Waals surface area (Å²) < 4.78 is 5.33. The van der Waals surface area contributed by atoms with E-state index in [9.17, 15) is 4.79 Å². The van der Waals surface area contributed by atoms with Crippen LogP contribution in [0.3, 0.4) is 0 Å². The van der Waals surface area contributed by atoms with Crippen LogP contribution in [0.5, 0.6) is 0 Å². The van der Waals surface area contributed by atoms with E-state index in [0.717, 1.165) is 24.3 Å². The summed E-state index contributed by atoms with van der Waals surface area (Å²) in [5, 5.41) is 5.92. The third-order valence-corrected chi connectivity index (χ3v) is 4.04. The van der Waals surface area contributed by atoms with E-state index in [-0.39, 0.29) is 5.91 Å². The van der Waals surface area contributed by atoms with Gasteiger partial charge in [-0.15, -0.1) is 11.8 Å². The lowest BCUT2D eigenvalue weighted by Crippen LogP contribution is -2.26. The summed E-state index contributed by atoms with van der Waals surface area (Å²) in [6, 6.07) is 12.0. The maximum absolute atomic E-state index is 12.1. The molecule has 0 saturated heterocycles. The molecule has 1 aromatic heterocycles. The van der Waals surface area contributed by atoms with Crippen LogP contribution in [0.25, 0.3) is 0 Å². The normalized spacial score (nSPS) is 10.5. The third kappa shape index (κ3) is 4.95. The summed E-state index contributed by atoms with van der Waals surface area (Å²) in [4.78, 5) is 13.2. The van der Waals surface area contributed by atoms with E-state index in [1.807, 2.05) is 31.3 Å². The standard InChI is InChI=1S/C16H20N2O2S/c1-17-9-5-10-18-16(19)15-13(8-11-20-15)12-21-14-6-3-2-4-7-14/h2-4,6-8,11,17H,5,9-10,12H2,1H3,(H,18,19). The van der Waals surface area contributed by atoms with Crippen LogP contribution < -0.4 is 10.6 Å². The second kappa shape index (κ2) is 8.54. The first kappa shape index (κ1) is 15.7. The fourth-order valence-corrected chi connectivity index (χ4v) is 2.77. The number of hydrogen-bond acceptors (Lipinski definition) is 4. The van der Waals surface area contributed by atoms with E-state index in [1.54, 1.807) is 18.0 Å². The van der Waals surface area contributed by atoms with Crippen LogP contribution in [-0.2, 0) is 5.75 Å². The summed E-state index contributed by atoms with van der Waals surface area (Å²) in [6.45, 7) is 1.53. The Bertz CT molecular complexity index is 554. The van der Waals surface area contributed by atoms with Crippen LogP contribution in [0.2, 0.25) is 0 Å². The average Bonchev–Trinajstić information content (AvgIpc) is 2.99. The lowest BCUT2D eigenvalue weighted by atomic mass is 10.2. The van der Waals surface area contributed by atoms with Crippen molar-refractivity contribution in [2.24, 2.45) is 0 Å². The minimum absolute atomic E-state index is 0.139. The number of carbonyl (C=O) groups excluding carboxylic acids is 1. The molecule has 0 spiro atoms. The molecule has 0 atom stereocenters. The van der Waals surface area contributed by atoms with Gasteiger partial charge in [-0.1, -0.05) is 18.2 Å². The summed E-state index contributed by atoms with van der Waals surface area (Å²) in [6.07, 6.45) is 2.47. The second-order valence-corrected chi connectivity index (χ2v) is 5.64. The largest absolute Gasteiger partial charge is 0.459 e. The van der Waals surface area contributed by atoms with Gasteiger partial charge in [-0.3, -0.25) is 4.79 Å². The molecule has 21 heavy (non-hydrogen) atoms. The van der Waals surface area contributed by atoms with Crippen molar-refractivity contribution >= 4 is 17.7 Å². The Balaban J connectivity index is 1.87. The number of nitrogens with one attached hydrogen (secondary N) is 2. The summed E-state index contributed by atoms with van der Waals surface area (Å²) >= 11 is 1.69. The van der Waals surface area contributed by atoms with Gasteiger partial charge in [-0.2, -0.15) is 0 Å². The molecule has 1 amide bonds. The molecule has 2 N–H and O–H groups in total. The number of furan rings is 1. The molecule has 2 aromatic rings. The van der Waals surface area contributed by atoms with E-state index in [1.165, 1.54) is 4.90 Å². The molecule has 0 aliphatic rings. The molecule has 0 aliphatic carbocycles. The van der Waals surface area contributed by atoms with Gasteiger partial charge in [0.15, 0.2) is 5.76 Å². The maximum Gasteiger partial charge on any atom is 0.287 e. The zero-order valence-electron chi connectivity index (χ0n) is 12.1. The van der Waals surface area contributed by atoms with Crippen molar-refractivity contribution in [3.05, 3.63) is 54.0 Å². The minimum atomic E-state index is -0.139. The quantitative estimate of drug-likeness (QED) is 0.581. The zero-order valence-corrected chi connectivity index (χ0v) is 12.9. The second-order valence-electron chi connectivity index (χ2n) is 4.59. The van der Waals surface area contributed by atoms with Crippen LogP contribution in [0, 0.1) is 0 Å². The number of rotatable bonds is 8. The van der Waals surface area contributed by atoms with E-state index >= 15 is 0 Å². The molecule has 0 saturated carbocycles. The summed E-state index contributed by atoms with van der Waals surface area (Å²) in [5.74, 6) is 1.00. The zero-order chi connectivity index (χ0) is 14.9. The minimum Gasteiger partial charge on any atom is -0.459 e. The molecule has 0 radical (unpaired) electrons. The monoisotopic (exact) mass is 304 g/mol. The van der Waals surface area contributed by atoms with Gasteiger partial charge in [0, 0.05) is 22.8 Å². The first-order valence-electron chi connectivity index (χ1n) is 6.98. The first-order valence-corrected chi connectivity index (χ1v) is 7.97. The van der Waals surface area contributed by atoms with Crippen LogP contribution in [0.15, 0.2) is 52.0 Å². The number of hydrogen-bond donors (Lipinski definition) is 2. The smallest absolute Gasteiger partial charge is 0.287 e. The highest BCUT2D eigenvalue weighted by molar-refractivity contribution is 7.98. The number of benzene rings is 1. The van der Waals surface area contributed by atoms with Crippen molar-refractivity contribution in [1.82, 2.24) is 10.6 Å². The predicted molar refractivity (Wildman–Crippen MR) is 85.6 cm³/mol. The van der Waals surface area contributed by atoms with E-state index in [2.05, 4.69) is 22.8 Å². The Morgan fingerprint density at radius 1 is 1.19 bits per heavy atom. The van der Waals surface area contributed by atoms with Crippen LogP contribution in [-0.4, -0.2) is 26.0 Å². The maximum atomic E-state index is 12.1. The molecule has 1 heterocycles. The molecule has 0 bridgehead atoms. The lowest BCUT2D eigenvalue weighted by molar-refractivity contribution is 0.0924. The van der Waals surface area contributed by atoms with Gasteiger partial charge >= 0.3 is 0 Å². The molecule has 5 heteroatoms. The van der Waals surface area contributed by atoms with Crippen LogP contribution in [0.1, 0.15) is 22.5 Å². The molecule has 1 aromatic carbocycles. The van der Waals surface area contributed by atoms with E-state index < -0.39 is 0 Å². The molecular formula is C16H20N2O2S. The number of carbonyl (C=O) groups is 1. The molecule has 0 unspecified atom stereocenters. The highest BCUT2D eigenvalue weighted by atomic mass is 32.2. The van der Waals surface area contributed by atoms with Crippen molar-refractivity contribution in [3.8, 4) is 0 Å². The van der Waals surface area contributed by atoms with Gasteiger partial charge in [0.2, 0.25) is 0 Å². The van der Waals surface area contributed by atoms with Crippen molar-refractivity contribution in [2.45, 2.75) is 17.1 Å². The topological polar surface area (TPSA) is 54.3 Å². The van der Waals surface area contributed by atoms with Gasteiger partial charge in [0.1, 0.15) is 0 Å². The SMILES string of the molecule is CNCCCNC(=O)c1occc1CSc1ccccc1. The van der Waals surface area contributed by atoms with Crippen molar-refractivity contribution in [2.75, 3.05) is 20.1 Å². The van der Waals surface area contributed by atoms with E-state index in [0.29, 0.717) is 12.3 Å². The van der Waals surface area contributed by atoms with Gasteiger partial charge in [0.05, 0.1) is 6.26 Å². The Kier molecular flexibility index (Phi) is 6.37. The molecule has 2 rings (SSSR count). The number of thioether (sulfide) groups is 1. The van der Waals surface area contributed by atoms with E-state index in [4.69, 9.17) is 4.42 Å². The van der Waals surface area contributed by atoms with Crippen molar-refractivity contribution < 1.29 is 9.21 Å². The Morgan fingerprint density at radius 2 is 2.00 bits per heavy atom. The Labute approximate surface area is 129 Å². The number of amides is 1. The van der Waals surface area contributed by atoms with Gasteiger partial charge in [-0.25, -0.2) is 0 Å². The van der Waals surface area contributed by atoms with Crippen molar-refractivity contribution in [3.63, 3.8) is 0 Å². The molecule has 0 fully saturated rings. The summed E-state index contributed by atoms with van der Waals surface area (Å²) in [7, 11) is 1.90. The fourth-order valence-electron chi connectivity index (χ4n) is 1.87. The summed E-state index contributed by atoms with van der Waals surface area (Å²) in [5.41, 5.74) is 0.926. The van der Waals surface area contributed by atoms with Gasteiger partial charge < -0.3 is 15.1 Å². The van der Waals surface area contributed by atoms with Crippen LogP contribution in [0.4, 0.5) is 0 Å². The fraction of sp³-hybridized carbons (Fsp3) is 0.312. The highest BCUT2D eigenvalue weighted by Gasteiger charge is 2.14. The lowest BCUT2D eigenvalue weighted by Gasteiger charge is -2.05. The van der Waals surface area contributed by atoms with Crippen molar-refractivity contribution in [1.29, 1.82) is 0 Å². The average molecular weight is 304 g/mol. The highest BCUT2D eigenvalue weighted by Crippen LogP contribution is 2.24. The third-order valence-electron chi connectivity index (χ3n) is 2.98. The van der Waals surface area contributed by atoms with Gasteiger partial charge in [-0.05, 0) is 38.2 Å².